The number of piperazine rings is 1. The summed E-state index contributed by atoms with van der Waals surface area (Å²) in [6.45, 7) is 4.17. The molecule has 0 unspecified atom stereocenters. The highest BCUT2D eigenvalue weighted by atomic mass is 32.1. The highest BCUT2D eigenvalue weighted by Crippen LogP contribution is 2.55. The fraction of sp³-hybridized carbons (Fsp3) is 0.667. The normalized spacial score (nSPS) is 36.3. The van der Waals surface area contributed by atoms with Crippen molar-refractivity contribution in [2.24, 2.45) is 23.7 Å². The molecule has 0 amide bonds. The first kappa shape index (κ1) is 16.9. The minimum Gasteiger partial charge on any atom is -0.346 e. The van der Waals surface area contributed by atoms with Crippen LogP contribution in [0.4, 0.5) is 10.1 Å². The van der Waals surface area contributed by atoms with E-state index in [0.717, 1.165) is 66.7 Å². The first-order chi connectivity index (χ1) is 12.7. The van der Waals surface area contributed by atoms with Crippen LogP contribution in [-0.2, 0) is 0 Å². The van der Waals surface area contributed by atoms with Crippen LogP contribution in [0.15, 0.2) is 24.3 Å². The molecule has 1 aromatic rings. The van der Waals surface area contributed by atoms with Crippen molar-refractivity contribution in [3.63, 3.8) is 0 Å². The molecule has 5 aliphatic rings. The Morgan fingerprint density at radius 2 is 1.62 bits per heavy atom. The van der Waals surface area contributed by atoms with Crippen LogP contribution < -0.4 is 5.32 Å². The van der Waals surface area contributed by atoms with E-state index < -0.39 is 0 Å². The number of nitrogens with zero attached hydrogens (tertiary/aromatic N) is 2. The molecule has 5 heteroatoms. The highest BCUT2D eigenvalue weighted by molar-refractivity contribution is 7.80. The molecule has 1 aliphatic heterocycles. The van der Waals surface area contributed by atoms with E-state index in [1.54, 1.807) is 6.07 Å². The van der Waals surface area contributed by atoms with Gasteiger partial charge in [0.1, 0.15) is 5.82 Å². The third-order valence-corrected chi connectivity index (χ3v) is 7.64. The lowest BCUT2D eigenvalue weighted by Gasteiger charge is -2.58. The van der Waals surface area contributed by atoms with Crippen LogP contribution in [-0.4, -0.2) is 47.1 Å². The van der Waals surface area contributed by atoms with E-state index in [2.05, 4.69) is 15.1 Å². The zero-order valence-corrected chi connectivity index (χ0v) is 16.1. The molecule has 26 heavy (non-hydrogen) atoms. The lowest BCUT2D eigenvalue weighted by molar-refractivity contribution is -0.0726. The maximum atomic E-state index is 13.4. The molecule has 4 bridgehead atoms. The molecule has 1 aromatic carbocycles. The second kappa shape index (κ2) is 6.75. The Balaban J connectivity index is 1.18. The van der Waals surface area contributed by atoms with Gasteiger partial charge in [0.05, 0.1) is 0 Å². The number of anilines is 1. The van der Waals surface area contributed by atoms with Crippen molar-refractivity contribution in [3.05, 3.63) is 30.1 Å². The first-order valence-corrected chi connectivity index (χ1v) is 10.6. The summed E-state index contributed by atoms with van der Waals surface area (Å²) in [7, 11) is 0. The van der Waals surface area contributed by atoms with Crippen molar-refractivity contribution < 1.29 is 4.39 Å². The topological polar surface area (TPSA) is 18.5 Å². The summed E-state index contributed by atoms with van der Waals surface area (Å²) in [5.41, 5.74) is 0.735. The molecule has 0 atom stereocenters. The minimum atomic E-state index is -0.232. The predicted octanol–water partition coefficient (Wildman–Crippen LogP) is 3.96. The van der Waals surface area contributed by atoms with Gasteiger partial charge in [-0.25, -0.2) is 4.39 Å². The lowest BCUT2D eigenvalue weighted by atomic mass is 9.54. The second-order valence-electron chi connectivity index (χ2n) is 8.88. The van der Waals surface area contributed by atoms with Gasteiger partial charge in [-0.05, 0) is 86.2 Å². The SMILES string of the molecule is Fc1cccc(NC(=S)N2CCN(C3C4CC5CC(C4)CC3C5)CC2)c1. The molecule has 140 valence electrons. The quantitative estimate of drug-likeness (QED) is 0.791. The van der Waals surface area contributed by atoms with E-state index in [4.69, 9.17) is 12.2 Å². The maximum Gasteiger partial charge on any atom is 0.173 e. The summed E-state index contributed by atoms with van der Waals surface area (Å²) in [5, 5.41) is 3.92. The van der Waals surface area contributed by atoms with Gasteiger partial charge in [-0.2, -0.15) is 0 Å². The van der Waals surface area contributed by atoms with Crippen LogP contribution in [0.5, 0.6) is 0 Å². The van der Waals surface area contributed by atoms with E-state index >= 15 is 0 Å². The molecule has 4 aliphatic carbocycles. The number of nitrogens with one attached hydrogen (secondary N) is 1. The Kier molecular flexibility index (Phi) is 4.40. The number of rotatable bonds is 2. The van der Waals surface area contributed by atoms with Crippen LogP contribution in [0.3, 0.4) is 0 Å². The third-order valence-electron chi connectivity index (χ3n) is 7.28. The average molecular weight is 374 g/mol. The number of hydrogen-bond acceptors (Lipinski definition) is 2. The summed E-state index contributed by atoms with van der Waals surface area (Å²) < 4.78 is 13.4. The largest absolute Gasteiger partial charge is 0.346 e. The Morgan fingerprint density at radius 1 is 0.962 bits per heavy atom. The Morgan fingerprint density at radius 3 is 2.23 bits per heavy atom. The number of halogens is 1. The summed E-state index contributed by atoms with van der Waals surface area (Å²) in [4.78, 5) is 5.02. The third kappa shape index (κ3) is 3.13. The summed E-state index contributed by atoms with van der Waals surface area (Å²) >= 11 is 5.57. The molecule has 3 nitrogen and oxygen atoms in total. The molecule has 4 saturated carbocycles. The minimum absolute atomic E-state index is 0.232. The van der Waals surface area contributed by atoms with Crippen LogP contribution >= 0.6 is 12.2 Å². The zero-order valence-electron chi connectivity index (χ0n) is 15.2. The lowest BCUT2D eigenvalue weighted by Crippen LogP contribution is -2.60. The summed E-state index contributed by atoms with van der Waals surface area (Å²) in [6, 6.07) is 7.36. The van der Waals surface area contributed by atoms with E-state index in [1.807, 2.05) is 6.07 Å². The van der Waals surface area contributed by atoms with Gasteiger partial charge in [0.2, 0.25) is 0 Å². The summed E-state index contributed by atoms with van der Waals surface area (Å²) in [5.74, 6) is 3.76. The van der Waals surface area contributed by atoms with Gasteiger partial charge < -0.3 is 10.2 Å². The molecule has 5 fully saturated rings. The van der Waals surface area contributed by atoms with Crippen molar-refractivity contribution in [1.29, 1.82) is 0 Å². The molecule has 0 aromatic heterocycles. The van der Waals surface area contributed by atoms with Gasteiger partial charge in [0, 0.05) is 37.9 Å². The van der Waals surface area contributed by atoms with E-state index in [0.29, 0.717) is 0 Å². The van der Waals surface area contributed by atoms with Crippen LogP contribution in [0.1, 0.15) is 32.1 Å². The van der Waals surface area contributed by atoms with Gasteiger partial charge >= 0.3 is 0 Å². The van der Waals surface area contributed by atoms with Crippen LogP contribution in [0, 0.1) is 29.5 Å². The molecule has 1 N–H and O–H groups in total. The molecular weight excluding hydrogens is 345 g/mol. The zero-order chi connectivity index (χ0) is 17.7. The Hall–Kier alpha value is -1.20. The number of benzene rings is 1. The van der Waals surface area contributed by atoms with Gasteiger partial charge in [-0.15, -0.1) is 0 Å². The van der Waals surface area contributed by atoms with Crippen molar-refractivity contribution in [3.8, 4) is 0 Å². The van der Waals surface area contributed by atoms with Gasteiger partial charge in [0.25, 0.3) is 0 Å². The maximum absolute atomic E-state index is 13.4. The van der Waals surface area contributed by atoms with Gasteiger partial charge in [-0.3, -0.25) is 4.90 Å². The molecule has 0 spiro atoms. The van der Waals surface area contributed by atoms with Crippen LogP contribution in [0.2, 0.25) is 0 Å². The first-order valence-electron chi connectivity index (χ1n) is 10.2. The smallest absolute Gasteiger partial charge is 0.173 e. The standard InChI is InChI=1S/C21H28FN3S/c22-18-2-1-3-19(13-18)23-21(26)25-6-4-24(5-7-25)20-16-9-14-8-15(11-16)12-17(20)10-14/h1-3,13-17,20H,4-12H2,(H,23,26). The second-order valence-corrected chi connectivity index (χ2v) is 9.27. The molecule has 0 radical (unpaired) electrons. The summed E-state index contributed by atoms with van der Waals surface area (Å²) in [6.07, 6.45) is 7.46. The fourth-order valence-corrected chi connectivity index (χ4v) is 6.79. The molecule has 6 rings (SSSR count). The average Bonchev–Trinajstić information content (AvgIpc) is 2.61. The predicted molar refractivity (Wildman–Crippen MR) is 107 cm³/mol. The molecular formula is C21H28FN3S. The van der Waals surface area contributed by atoms with Crippen molar-refractivity contribution in [2.75, 3.05) is 31.5 Å². The van der Waals surface area contributed by atoms with E-state index in [-0.39, 0.29) is 5.82 Å². The van der Waals surface area contributed by atoms with E-state index in [9.17, 15) is 4.39 Å². The van der Waals surface area contributed by atoms with Gasteiger partial charge in [-0.1, -0.05) is 6.07 Å². The Labute approximate surface area is 160 Å². The molecule has 1 heterocycles. The van der Waals surface area contributed by atoms with E-state index in [1.165, 1.54) is 44.2 Å². The highest BCUT2D eigenvalue weighted by Gasteiger charge is 2.50. The van der Waals surface area contributed by atoms with Crippen molar-refractivity contribution in [1.82, 2.24) is 9.80 Å². The monoisotopic (exact) mass is 373 g/mol. The number of thiocarbonyl (C=S) groups is 1. The Bertz CT molecular complexity index is 658. The van der Waals surface area contributed by atoms with Crippen LogP contribution in [0.25, 0.3) is 0 Å². The van der Waals surface area contributed by atoms with Crippen molar-refractivity contribution >= 4 is 23.0 Å². The van der Waals surface area contributed by atoms with Gasteiger partial charge in [0.15, 0.2) is 5.11 Å². The number of hydrogen-bond donors (Lipinski definition) is 1. The fourth-order valence-electron chi connectivity index (χ4n) is 6.48. The molecule has 1 saturated heterocycles. The van der Waals surface area contributed by atoms with Crippen molar-refractivity contribution in [2.45, 2.75) is 38.1 Å².